The van der Waals surface area contributed by atoms with Crippen molar-refractivity contribution < 1.29 is 55.9 Å². The van der Waals surface area contributed by atoms with Gasteiger partial charge in [-0.05, 0) is 56.5 Å². The number of alkyl halides is 3. The largest absolute Gasteiger partial charge is 0.416 e. The van der Waals surface area contributed by atoms with E-state index >= 15 is 0 Å². The highest BCUT2D eigenvalue weighted by molar-refractivity contribution is 5.78. The number of rotatable bonds is 28. The Morgan fingerprint density at radius 1 is 0.769 bits per heavy atom. The molecule has 0 saturated carbocycles. The number of nitrogens with zero attached hydrogens (tertiary/aromatic N) is 1. The van der Waals surface area contributed by atoms with Gasteiger partial charge in [-0.3, -0.25) is 9.69 Å². The first kappa shape index (κ1) is 43.7. The molecule has 0 unspecified atom stereocenters. The molecule has 2 aromatic carbocycles. The van der Waals surface area contributed by atoms with E-state index in [9.17, 15) is 18.0 Å². The zero-order valence-electron chi connectivity index (χ0n) is 30.7. The van der Waals surface area contributed by atoms with E-state index in [1.807, 2.05) is 37.3 Å². The molecule has 1 saturated heterocycles. The van der Waals surface area contributed by atoms with Gasteiger partial charge in [0.2, 0.25) is 5.91 Å². The lowest BCUT2D eigenvalue weighted by molar-refractivity contribution is -0.137. The number of benzene rings is 2. The second-order valence-electron chi connectivity index (χ2n) is 12.2. The Balaban J connectivity index is 1.24. The average molecular weight is 743 g/mol. The monoisotopic (exact) mass is 742 g/mol. The number of ether oxygens (including phenoxy) is 8. The van der Waals surface area contributed by atoms with Crippen LogP contribution >= 0.6 is 0 Å². The lowest BCUT2D eigenvalue weighted by atomic mass is 9.92. The molecular formula is C38H57F3N2O9. The standard InChI is InChI=1S/C38H57F3N2O9/c1-3-45-14-15-47-18-19-49-22-23-51-25-24-50-21-20-48-17-16-46-13-11-42-36(44)29-43-12-7-10-35(37(43)33-8-5-4-6-9-33)52-30-32-26-31(2)27-34(28-32)38(39,40)41/h4-6,8-9,26-28,35,37H,3,7,10-25,29-30H2,1-2H3,(H,42,44)/t35-,37-/m0/s1. The maximum absolute atomic E-state index is 13.4. The number of halogens is 3. The topological polar surface area (TPSA) is 106 Å². The third-order valence-electron chi connectivity index (χ3n) is 8.10. The number of nitrogens with one attached hydrogen (secondary N) is 1. The second kappa shape index (κ2) is 26.2. The van der Waals surface area contributed by atoms with Crippen LogP contribution in [0.5, 0.6) is 0 Å². The summed E-state index contributed by atoms with van der Waals surface area (Å²) in [5.74, 6) is -0.137. The first-order valence-electron chi connectivity index (χ1n) is 18.2. The molecule has 14 heteroatoms. The molecule has 11 nitrogen and oxygen atoms in total. The highest BCUT2D eigenvalue weighted by Gasteiger charge is 2.35. The van der Waals surface area contributed by atoms with Crippen molar-refractivity contribution in [3.63, 3.8) is 0 Å². The molecule has 3 rings (SSSR count). The van der Waals surface area contributed by atoms with E-state index in [0.29, 0.717) is 117 Å². The van der Waals surface area contributed by atoms with Gasteiger partial charge < -0.3 is 43.2 Å². The predicted octanol–water partition coefficient (Wildman–Crippen LogP) is 4.99. The predicted molar refractivity (Wildman–Crippen MR) is 189 cm³/mol. The fraction of sp³-hybridized carbons (Fsp3) is 0.658. The fourth-order valence-corrected chi connectivity index (χ4v) is 5.73. The third kappa shape index (κ3) is 18.4. The van der Waals surface area contributed by atoms with Crippen LogP contribution in [-0.2, 0) is 55.5 Å². The molecule has 294 valence electrons. The Labute approximate surface area is 306 Å². The van der Waals surface area contributed by atoms with Crippen molar-refractivity contribution in [2.45, 2.75) is 51.6 Å². The zero-order chi connectivity index (χ0) is 37.3. The first-order valence-corrected chi connectivity index (χ1v) is 18.2. The van der Waals surface area contributed by atoms with Crippen molar-refractivity contribution in [2.24, 2.45) is 0 Å². The van der Waals surface area contributed by atoms with E-state index in [1.54, 1.807) is 13.0 Å². The van der Waals surface area contributed by atoms with E-state index in [0.717, 1.165) is 30.5 Å². The van der Waals surface area contributed by atoms with Crippen LogP contribution in [0.4, 0.5) is 13.2 Å². The molecule has 1 N–H and O–H groups in total. The van der Waals surface area contributed by atoms with Gasteiger partial charge in [-0.15, -0.1) is 0 Å². The number of piperidine rings is 1. The molecule has 1 aliphatic rings. The Morgan fingerprint density at radius 2 is 1.31 bits per heavy atom. The summed E-state index contributed by atoms with van der Waals surface area (Å²) in [6.07, 6.45) is -3.19. The van der Waals surface area contributed by atoms with E-state index in [-0.39, 0.29) is 31.2 Å². The Kier molecular flexibility index (Phi) is 22.0. The quantitative estimate of drug-likeness (QED) is 0.120. The number of likely N-dealkylation sites (tertiary alicyclic amines) is 1. The summed E-state index contributed by atoms with van der Waals surface area (Å²) >= 11 is 0. The Bertz CT molecular complexity index is 1230. The van der Waals surface area contributed by atoms with Crippen molar-refractivity contribution in [3.05, 3.63) is 70.8 Å². The maximum atomic E-state index is 13.4. The number of hydrogen-bond acceptors (Lipinski definition) is 10. The number of amides is 1. The SMILES string of the molecule is CCOCCOCCOCCOCCOCCOCCOCCNC(=O)CN1CCC[C@H](OCc2cc(C)cc(C(F)(F)F)c2)[C@@H]1c1ccccc1. The van der Waals surface area contributed by atoms with E-state index < -0.39 is 11.7 Å². The molecular weight excluding hydrogens is 685 g/mol. The van der Waals surface area contributed by atoms with Gasteiger partial charge in [0.05, 0.1) is 117 Å². The fourth-order valence-electron chi connectivity index (χ4n) is 5.73. The van der Waals surface area contributed by atoms with Gasteiger partial charge in [0.15, 0.2) is 0 Å². The highest BCUT2D eigenvalue weighted by atomic mass is 19.4. The normalized spacial score (nSPS) is 16.7. The van der Waals surface area contributed by atoms with Gasteiger partial charge >= 0.3 is 6.18 Å². The minimum atomic E-state index is -4.43. The lowest BCUT2D eigenvalue weighted by Gasteiger charge is -2.41. The van der Waals surface area contributed by atoms with Crippen LogP contribution in [0, 0.1) is 6.92 Å². The Morgan fingerprint density at radius 3 is 1.85 bits per heavy atom. The molecule has 0 radical (unpaired) electrons. The summed E-state index contributed by atoms with van der Waals surface area (Å²) in [5.41, 5.74) is 1.31. The lowest BCUT2D eigenvalue weighted by Crippen LogP contribution is -2.47. The van der Waals surface area contributed by atoms with Crippen molar-refractivity contribution >= 4 is 5.91 Å². The molecule has 1 amide bonds. The van der Waals surface area contributed by atoms with Crippen LogP contribution in [0.2, 0.25) is 0 Å². The first-order chi connectivity index (χ1) is 25.3. The molecule has 0 spiro atoms. The van der Waals surface area contributed by atoms with E-state index in [1.165, 1.54) is 0 Å². The van der Waals surface area contributed by atoms with Crippen LogP contribution in [0.3, 0.4) is 0 Å². The third-order valence-corrected chi connectivity index (χ3v) is 8.10. The molecule has 1 fully saturated rings. The minimum absolute atomic E-state index is 0.0477. The Hall–Kier alpha value is -2.66. The average Bonchev–Trinajstić information content (AvgIpc) is 3.12. The summed E-state index contributed by atoms with van der Waals surface area (Å²) in [6.45, 7) is 11.7. The van der Waals surface area contributed by atoms with Crippen LogP contribution < -0.4 is 5.32 Å². The number of carbonyl (C=O) groups is 1. The maximum Gasteiger partial charge on any atom is 0.416 e. The second-order valence-corrected chi connectivity index (χ2v) is 12.2. The summed E-state index contributed by atoms with van der Waals surface area (Å²) in [5, 5.41) is 2.92. The smallest absolute Gasteiger partial charge is 0.379 e. The molecule has 52 heavy (non-hydrogen) atoms. The highest BCUT2D eigenvalue weighted by Crippen LogP contribution is 2.35. The summed E-state index contributed by atoms with van der Waals surface area (Å²) in [7, 11) is 0. The van der Waals surface area contributed by atoms with Gasteiger partial charge in [0.25, 0.3) is 0 Å². The minimum Gasteiger partial charge on any atom is -0.379 e. The van der Waals surface area contributed by atoms with Crippen LogP contribution in [0.25, 0.3) is 0 Å². The van der Waals surface area contributed by atoms with Crippen molar-refractivity contribution in [1.82, 2.24) is 10.2 Å². The molecule has 0 bridgehead atoms. The van der Waals surface area contributed by atoms with Crippen molar-refractivity contribution in [1.29, 1.82) is 0 Å². The number of aryl methyl sites for hydroxylation is 1. The summed E-state index contributed by atoms with van der Waals surface area (Å²) < 4.78 is 84.5. The van der Waals surface area contributed by atoms with Gasteiger partial charge in [-0.25, -0.2) is 0 Å². The molecule has 0 aliphatic carbocycles. The van der Waals surface area contributed by atoms with E-state index in [2.05, 4.69) is 10.2 Å². The summed E-state index contributed by atoms with van der Waals surface area (Å²) in [6, 6.07) is 13.6. The number of carbonyl (C=O) groups excluding carboxylic acids is 1. The molecule has 2 atom stereocenters. The molecule has 1 heterocycles. The molecule has 1 aliphatic heterocycles. The van der Waals surface area contributed by atoms with Gasteiger partial charge in [-0.1, -0.05) is 42.0 Å². The van der Waals surface area contributed by atoms with Gasteiger partial charge in [-0.2, -0.15) is 13.2 Å². The van der Waals surface area contributed by atoms with E-state index in [4.69, 9.17) is 37.9 Å². The van der Waals surface area contributed by atoms with Crippen molar-refractivity contribution in [2.75, 3.05) is 112 Å². The molecule has 2 aromatic rings. The zero-order valence-corrected chi connectivity index (χ0v) is 30.7. The summed E-state index contributed by atoms with van der Waals surface area (Å²) in [4.78, 5) is 15.0. The van der Waals surface area contributed by atoms with Gasteiger partial charge in [0.1, 0.15) is 0 Å². The van der Waals surface area contributed by atoms with Crippen molar-refractivity contribution in [3.8, 4) is 0 Å². The molecule has 0 aromatic heterocycles. The van der Waals surface area contributed by atoms with Crippen LogP contribution in [-0.4, -0.2) is 129 Å². The van der Waals surface area contributed by atoms with Crippen LogP contribution in [0.1, 0.15) is 48.1 Å². The number of hydrogen-bond donors (Lipinski definition) is 1. The van der Waals surface area contributed by atoms with Gasteiger partial charge in [0, 0.05) is 13.2 Å². The van der Waals surface area contributed by atoms with Crippen LogP contribution in [0.15, 0.2) is 48.5 Å².